The summed E-state index contributed by atoms with van der Waals surface area (Å²) in [6, 6.07) is 11.8. The molecule has 0 bridgehead atoms. The van der Waals surface area contributed by atoms with Crippen LogP contribution in [0.5, 0.6) is 0 Å². The average molecular weight is 280 g/mol. The van der Waals surface area contributed by atoms with Crippen molar-refractivity contribution in [1.82, 2.24) is 19.4 Å². The zero-order valence-corrected chi connectivity index (χ0v) is 12.4. The van der Waals surface area contributed by atoms with Gasteiger partial charge in [-0.2, -0.15) is 4.98 Å². The molecule has 3 heterocycles. The Labute approximate surface area is 123 Å². The minimum absolute atomic E-state index is 0.687. The second-order valence-corrected chi connectivity index (χ2v) is 5.78. The van der Waals surface area contributed by atoms with Crippen molar-refractivity contribution in [1.29, 1.82) is 0 Å². The Morgan fingerprint density at radius 1 is 0.810 bits per heavy atom. The smallest absolute Gasteiger partial charge is 0.227 e. The Morgan fingerprint density at radius 2 is 1.48 bits per heavy atom. The summed E-state index contributed by atoms with van der Waals surface area (Å²) >= 11 is 0. The van der Waals surface area contributed by atoms with Crippen molar-refractivity contribution in [2.75, 3.05) is 26.5 Å². The number of nitrogens with zero attached hydrogens (tertiary/aromatic N) is 4. The predicted octanol–water partition coefficient (Wildman–Crippen LogP) is 2.97. The van der Waals surface area contributed by atoms with E-state index < -0.39 is 0 Å². The summed E-state index contributed by atoms with van der Waals surface area (Å²) in [6.07, 6.45) is 3.50. The largest absolute Gasteiger partial charge is 0.340 e. The lowest BCUT2D eigenvalue weighted by atomic mass is 10.3. The third-order valence-electron chi connectivity index (χ3n) is 3.17. The molecule has 0 radical (unpaired) electrons. The highest BCUT2D eigenvalue weighted by Crippen LogP contribution is 2.21. The molecule has 1 N–H and O–H groups in total. The van der Waals surface area contributed by atoms with Crippen LogP contribution < -0.4 is 9.80 Å². The molecule has 0 atom stereocenters. The second-order valence-electron chi connectivity index (χ2n) is 5.78. The number of nitrogens with one attached hydrogen (secondary N) is 1. The first kappa shape index (κ1) is 13.5. The summed E-state index contributed by atoms with van der Waals surface area (Å²) in [6.45, 7) is 0. The standard InChI is InChI=1S/C16H18N5/c1-21(2,3)16-7-5-13-14(20-16)4-6-15(19-13)18-12-8-10-17-11-9-12/h4-11H,1-3H3,(H,17,18,19)/q+1. The predicted molar refractivity (Wildman–Crippen MR) is 86.6 cm³/mol. The molecule has 0 aliphatic heterocycles. The van der Waals surface area contributed by atoms with E-state index in [1.54, 1.807) is 12.4 Å². The Kier molecular flexibility index (Phi) is 3.27. The van der Waals surface area contributed by atoms with Gasteiger partial charge in [0.05, 0.1) is 32.2 Å². The Balaban J connectivity index is 1.94. The van der Waals surface area contributed by atoms with Gasteiger partial charge in [0.2, 0.25) is 5.82 Å². The molecule has 106 valence electrons. The van der Waals surface area contributed by atoms with Gasteiger partial charge < -0.3 is 5.32 Å². The van der Waals surface area contributed by atoms with Gasteiger partial charge in [-0.3, -0.25) is 9.47 Å². The zero-order valence-electron chi connectivity index (χ0n) is 12.4. The summed E-state index contributed by atoms with van der Waals surface area (Å²) in [5.74, 6) is 1.81. The van der Waals surface area contributed by atoms with Crippen LogP contribution >= 0.6 is 0 Å². The lowest BCUT2D eigenvalue weighted by Gasteiger charge is -2.21. The van der Waals surface area contributed by atoms with E-state index in [9.17, 15) is 0 Å². The van der Waals surface area contributed by atoms with Gasteiger partial charge in [0.25, 0.3) is 0 Å². The maximum absolute atomic E-state index is 4.67. The highest BCUT2D eigenvalue weighted by Gasteiger charge is 2.14. The number of quaternary nitrogens is 1. The van der Waals surface area contributed by atoms with E-state index in [1.807, 2.05) is 36.4 Å². The number of rotatable bonds is 3. The average Bonchev–Trinajstić information content (AvgIpc) is 2.47. The summed E-state index contributed by atoms with van der Waals surface area (Å²) in [4.78, 5) is 13.3. The normalized spacial score (nSPS) is 11.6. The van der Waals surface area contributed by atoms with Gasteiger partial charge in [-0.1, -0.05) is 0 Å². The first-order valence-electron chi connectivity index (χ1n) is 6.79. The van der Waals surface area contributed by atoms with Crippen LogP contribution in [0.3, 0.4) is 0 Å². The molecule has 0 fully saturated rings. The lowest BCUT2D eigenvalue weighted by molar-refractivity contribution is 0.474. The Hall–Kier alpha value is -2.53. The number of anilines is 2. The number of fused-ring (bicyclic) bond motifs is 1. The number of pyridine rings is 3. The molecule has 0 aliphatic carbocycles. The van der Waals surface area contributed by atoms with Gasteiger partial charge in [-0.05, 0) is 30.3 Å². The molecule has 3 rings (SSSR count). The third-order valence-corrected chi connectivity index (χ3v) is 3.17. The summed E-state index contributed by atoms with van der Waals surface area (Å²) in [7, 11) is 6.29. The van der Waals surface area contributed by atoms with Crippen LogP contribution in [0.1, 0.15) is 0 Å². The Morgan fingerprint density at radius 3 is 2.19 bits per heavy atom. The number of hydrogen-bond donors (Lipinski definition) is 1. The molecule has 0 saturated carbocycles. The molecule has 0 amide bonds. The van der Waals surface area contributed by atoms with Crippen molar-refractivity contribution in [2.45, 2.75) is 0 Å². The number of hydrogen-bond acceptors (Lipinski definition) is 4. The minimum Gasteiger partial charge on any atom is -0.340 e. The highest BCUT2D eigenvalue weighted by molar-refractivity contribution is 5.78. The molecule has 5 nitrogen and oxygen atoms in total. The van der Waals surface area contributed by atoms with Crippen molar-refractivity contribution in [2.24, 2.45) is 0 Å². The maximum atomic E-state index is 4.67. The summed E-state index contributed by atoms with van der Waals surface area (Å²) in [5.41, 5.74) is 2.75. The van der Waals surface area contributed by atoms with Crippen molar-refractivity contribution in [3.63, 3.8) is 0 Å². The van der Waals surface area contributed by atoms with Crippen LogP contribution in [0.15, 0.2) is 48.8 Å². The molecule has 3 aromatic heterocycles. The maximum Gasteiger partial charge on any atom is 0.227 e. The molecule has 0 aromatic carbocycles. The fourth-order valence-electron chi connectivity index (χ4n) is 2.03. The first-order chi connectivity index (χ1) is 10.0. The van der Waals surface area contributed by atoms with Crippen LogP contribution in [0, 0.1) is 0 Å². The highest BCUT2D eigenvalue weighted by atomic mass is 15.3. The van der Waals surface area contributed by atoms with E-state index in [0.717, 1.165) is 28.4 Å². The molecular formula is C16H18N5+. The second kappa shape index (κ2) is 5.10. The van der Waals surface area contributed by atoms with Gasteiger partial charge in [0.15, 0.2) is 0 Å². The SMILES string of the molecule is C[N+](C)(C)c1ccc2nc(Nc3ccncc3)ccc2n1. The van der Waals surface area contributed by atoms with Crippen LogP contribution in [-0.2, 0) is 0 Å². The van der Waals surface area contributed by atoms with E-state index in [-0.39, 0.29) is 0 Å². The van der Waals surface area contributed by atoms with E-state index in [0.29, 0.717) is 4.48 Å². The van der Waals surface area contributed by atoms with Crippen molar-refractivity contribution in [3.05, 3.63) is 48.8 Å². The third kappa shape index (κ3) is 2.98. The first-order valence-corrected chi connectivity index (χ1v) is 6.79. The van der Waals surface area contributed by atoms with Crippen LogP contribution in [-0.4, -0.2) is 36.1 Å². The van der Waals surface area contributed by atoms with E-state index in [2.05, 4.69) is 41.4 Å². The van der Waals surface area contributed by atoms with Gasteiger partial charge >= 0.3 is 0 Å². The van der Waals surface area contributed by atoms with Gasteiger partial charge in [0, 0.05) is 24.1 Å². The summed E-state index contributed by atoms with van der Waals surface area (Å²) in [5, 5.41) is 3.26. The van der Waals surface area contributed by atoms with Gasteiger partial charge in [-0.15, -0.1) is 0 Å². The monoisotopic (exact) mass is 280 g/mol. The zero-order chi connectivity index (χ0) is 14.9. The number of aromatic nitrogens is 3. The van der Waals surface area contributed by atoms with Crippen molar-refractivity contribution >= 4 is 28.4 Å². The van der Waals surface area contributed by atoms with Gasteiger partial charge in [0.1, 0.15) is 5.82 Å². The molecule has 21 heavy (non-hydrogen) atoms. The molecule has 0 saturated heterocycles. The molecule has 0 spiro atoms. The van der Waals surface area contributed by atoms with E-state index >= 15 is 0 Å². The van der Waals surface area contributed by atoms with Crippen molar-refractivity contribution in [3.8, 4) is 0 Å². The molecule has 0 unspecified atom stereocenters. The molecule has 0 aliphatic rings. The Bertz CT molecular complexity index is 762. The lowest BCUT2D eigenvalue weighted by Crippen LogP contribution is -2.35. The van der Waals surface area contributed by atoms with E-state index in [1.165, 1.54) is 0 Å². The summed E-state index contributed by atoms with van der Waals surface area (Å²) < 4.78 is 0.687. The molecule has 5 heteroatoms. The molecule has 3 aromatic rings. The minimum atomic E-state index is 0.687. The fraction of sp³-hybridized carbons (Fsp3) is 0.188. The van der Waals surface area contributed by atoms with Crippen LogP contribution in [0.25, 0.3) is 11.0 Å². The molecular weight excluding hydrogens is 262 g/mol. The quantitative estimate of drug-likeness (QED) is 0.749. The van der Waals surface area contributed by atoms with Crippen molar-refractivity contribution < 1.29 is 0 Å². The fourth-order valence-corrected chi connectivity index (χ4v) is 2.03. The van der Waals surface area contributed by atoms with Crippen LogP contribution in [0.4, 0.5) is 17.3 Å². The van der Waals surface area contributed by atoms with Crippen LogP contribution in [0.2, 0.25) is 0 Å². The topological polar surface area (TPSA) is 50.7 Å². The van der Waals surface area contributed by atoms with Gasteiger partial charge in [-0.25, -0.2) is 4.98 Å². The van der Waals surface area contributed by atoms with E-state index in [4.69, 9.17) is 0 Å².